The zero-order chi connectivity index (χ0) is 19.3. The van der Waals surface area contributed by atoms with E-state index in [1.165, 1.54) is 0 Å². The lowest BCUT2D eigenvalue weighted by molar-refractivity contribution is 0.0386. The second-order valence-corrected chi connectivity index (χ2v) is 6.31. The Balaban J connectivity index is 1.67. The first-order chi connectivity index (χ1) is 13.7. The number of carbonyl (C=O) groups is 2. The normalized spacial score (nSPS) is 15.8. The highest BCUT2D eigenvalue weighted by atomic mass is 16.6. The van der Waals surface area contributed by atoms with Crippen molar-refractivity contribution in [2.24, 2.45) is 0 Å². The van der Waals surface area contributed by atoms with E-state index in [0.717, 1.165) is 5.56 Å². The van der Waals surface area contributed by atoms with Crippen molar-refractivity contribution < 1.29 is 14.3 Å². The van der Waals surface area contributed by atoms with Crippen LogP contribution in [0.3, 0.4) is 0 Å². The van der Waals surface area contributed by atoms with Gasteiger partial charge in [0.15, 0.2) is 0 Å². The second kappa shape index (κ2) is 7.80. The molecule has 0 aromatic heterocycles. The van der Waals surface area contributed by atoms with Crippen LogP contribution in [0.25, 0.3) is 6.08 Å². The van der Waals surface area contributed by atoms with Crippen LogP contribution in [0.2, 0.25) is 0 Å². The van der Waals surface area contributed by atoms with Crippen LogP contribution in [-0.4, -0.2) is 18.1 Å². The van der Waals surface area contributed by atoms with E-state index in [2.05, 4.69) is 10.6 Å². The first kappa shape index (κ1) is 17.5. The Bertz CT molecular complexity index is 1030. The summed E-state index contributed by atoms with van der Waals surface area (Å²) in [4.78, 5) is 25.1. The fourth-order valence-electron chi connectivity index (χ4n) is 2.97. The molecule has 0 bridgehead atoms. The van der Waals surface area contributed by atoms with Gasteiger partial charge in [-0.2, -0.15) is 0 Å². The SMILES string of the molecule is O=C(N/C(=C/c1ccccc1)C1Nc2ccccc2C(=O)O1)c1ccccc1. The smallest absolute Gasteiger partial charge is 0.342 e. The molecule has 0 fully saturated rings. The summed E-state index contributed by atoms with van der Waals surface area (Å²) in [5.74, 6) is -0.716. The Labute approximate surface area is 162 Å². The maximum absolute atomic E-state index is 12.7. The van der Waals surface area contributed by atoms with Crippen molar-refractivity contribution in [1.82, 2.24) is 5.32 Å². The molecule has 2 N–H and O–H groups in total. The van der Waals surface area contributed by atoms with Crippen LogP contribution in [0.15, 0.2) is 90.6 Å². The van der Waals surface area contributed by atoms with Crippen molar-refractivity contribution >= 4 is 23.6 Å². The zero-order valence-corrected chi connectivity index (χ0v) is 15.0. The molecule has 28 heavy (non-hydrogen) atoms. The van der Waals surface area contributed by atoms with Gasteiger partial charge in [-0.3, -0.25) is 4.79 Å². The molecule has 3 aromatic carbocycles. The summed E-state index contributed by atoms with van der Waals surface area (Å²) in [6, 6.07) is 25.5. The van der Waals surface area contributed by atoms with E-state index in [0.29, 0.717) is 22.5 Å². The summed E-state index contributed by atoms with van der Waals surface area (Å²) in [6.07, 6.45) is 0.981. The third kappa shape index (κ3) is 3.78. The van der Waals surface area contributed by atoms with E-state index in [4.69, 9.17) is 4.74 Å². The number of nitrogens with one attached hydrogen (secondary N) is 2. The summed E-state index contributed by atoms with van der Waals surface area (Å²) in [5, 5.41) is 6.06. The number of ether oxygens (including phenoxy) is 1. The van der Waals surface area contributed by atoms with Gasteiger partial charge in [-0.25, -0.2) is 4.79 Å². The van der Waals surface area contributed by atoms with Crippen LogP contribution < -0.4 is 10.6 Å². The number of hydrogen-bond donors (Lipinski definition) is 2. The monoisotopic (exact) mass is 370 g/mol. The van der Waals surface area contributed by atoms with Crippen molar-refractivity contribution in [1.29, 1.82) is 0 Å². The first-order valence-corrected chi connectivity index (χ1v) is 8.90. The van der Waals surface area contributed by atoms with Gasteiger partial charge in [-0.05, 0) is 35.9 Å². The summed E-state index contributed by atoms with van der Waals surface area (Å²) < 4.78 is 5.55. The molecule has 0 saturated carbocycles. The molecule has 5 nitrogen and oxygen atoms in total. The molecule has 0 spiro atoms. The van der Waals surface area contributed by atoms with Crippen LogP contribution in [0, 0.1) is 0 Å². The number of rotatable bonds is 4. The molecule has 138 valence electrons. The average Bonchev–Trinajstić information content (AvgIpc) is 2.74. The van der Waals surface area contributed by atoms with Gasteiger partial charge >= 0.3 is 5.97 Å². The highest BCUT2D eigenvalue weighted by Gasteiger charge is 2.29. The van der Waals surface area contributed by atoms with Gasteiger partial charge in [-0.1, -0.05) is 60.7 Å². The molecule has 0 saturated heterocycles. The van der Waals surface area contributed by atoms with Gasteiger partial charge in [0.05, 0.1) is 16.9 Å². The Morgan fingerprint density at radius 2 is 1.54 bits per heavy atom. The summed E-state index contributed by atoms with van der Waals surface area (Å²) >= 11 is 0. The summed E-state index contributed by atoms with van der Waals surface area (Å²) in [5.41, 5.74) is 2.97. The van der Waals surface area contributed by atoms with Gasteiger partial charge < -0.3 is 15.4 Å². The molecule has 4 rings (SSSR count). The number of fused-ring (bicyclic) bond motifs is 1. The highest BCUT2D eigenvalue weighted by molar-refractivity contribution is 5.99. The predicted octanol–water partition coefficient (Wildman–Crippen LogP) is 4.07. The molecule has 3 aromatic rings. The van der Waals surface area contributed by atoms with Crippen molar-refractivity contribution in [3.8, 4) is 0 Å². The van der Waals surface area contributed by atoms with Crippen LogP contribution in [0.4, 0.5) is 5.69 Å². The zero-order valence-electron chi connectivity index (χ0n) is 15.0. The molecule has 1 aliphatic rings. The van der Waals surface area contributed by atoms with Crippen LogP contribution in [-0.2, 0) is 4.74 Å². The predicted molar refractivity (Wildman–Crippen MR) is 108 cm³/mol. The maximum atomic E-state index is 12.7. The maximum Gasteiger partial charge on any atom is 0.342 e. The number of hydrogen-bond acceptors (Lipinski definition) is 4. The van der Waals surface area contributed by atoms with E-state index < -0.39 is 12.2 Å². The largest absolute Gasteiger partial charge is 0.432 e. The van der Waals surface area contributed by atoms with Crippen molar-refractivity contribution in [3.05, 3.63) is 107 Å². The minimum Gasteiger partial charge on any atom is -0.432 e. The van der Waals surface area contributed by atoms with E-state index in [1.54, 1.807) is 42.5 Å². The van der Waals surface area contributed by atoms with E-state index >= 15 is 0 Å². The minimum atomic E-state index is -0.810. The number of para-hydroxylation sites is 1. The lowest BCUT2D eigenvalue weighted by Crippen LogP contribution is -2.40. The van der Waals surface area contributed by atoms with E-state index in [1.807, 2.05) is 48.5 Å². The summed E-state index contributed by atoms with van der Waals surface area (Å²) in [6.45, 7) is 0. The molecule has 1 heterocycles. The lowest BCUT2D eigenvalue weighted by atomic mass is 10.1. The van der Waals surface area contributed by atoms with Crippen LogP contribution in [0.5, 0.6) is 0 Å². The fraction of sp³-hybridized carbons (Fsp3) is 0.0435. The van der Waals surface area contributed by atoms with Crippen molar-refractivity contribution in [2.45, 2.75) is 6.23 Å². The third-order valence-electron chi connectivity index (χ3n) is 4.36. The molecule has 5 heteroatoms. The fourth-order valence-corrected chi connectivity index (χ4v) is 2.97. The Hall–Kier alpha value is -3.86. The van der Waals surface area contributed by atoms with Gasteiger partial charge in [0.1, 0.15) is 0 Å². The molecule has 0 aliphatic carbocycles. The molecule has 1 atom stereocenters. The topological polar surface area (TPSA) is 67.4 Å². The van der Waals surface area contributed by atoms with Gasteiger partial charge in [0.25, 0.3) is 5.91 Å². The standard InChI is InChI=1S/C23H18N2O3/c26-21(17-11-5-2-6-12-17)24-20(15-16-9-3-1-4-10-16)22-25-19-14-8-7-13-18(19)23(27)28-22/h1-15,22,25H,(H,24,26)/b20-15+. The number of amides is 1. The van der Waals surface area contributed by atoms with Gasteiger partial charge in [0, 0.05) is 5.56 Å². The minimum absolute atomic E-state index is 0.278. The summed E-state index contributed by atoms with van der Waals surface area (Å²) in [7, 11) is 0. The molecule has 1 unspecified atom stereocenters. The Morgan fingerprint density at radius 1 is 0.893 bits per heavy atom. The molecular weight excluding hydrogens is 352 g/mol. The molecule has 1 aliphatic heterocycles. The second-order valence-electron chi connectivity index (χ2n) is 6.31. The number of anilines is 1. The molecule has 1 amide bonds. The average molecular weight is 370 g/mol. The first-order valence-electron chi connectivity index (χ1n) is 8.90. The quantitative estimate of drug-likeness (QED) is 0.680. The Kier molecular flexibility index (Phi) is 4.89. The molecule has 0 radical (unpaired) electrons. The lowest BCUT2D eigenvalue weighted by Gasteiger charge is -2.28. The van der Waals surface area contributed by atoms with Crippen LogP contribution in [0.1, 0.15) is 26.3 Å². The number of esters is 1. The number of carbonyl (C=O) groups excluding carboxylic acids is 2. The van der Waals surface area contributed by atoms with Gasteiger partial charge in [-0.15, -0.1) is 0 Å². The van der Waals surface area contributed by atoms with E-state index in [9.17, 15) is 9.59 Å². The van der Waals surface area contributed by atoms with E-state index in [-0.39, 0.29) is 5.91 Å². The number of cyclic esters (lactones) is 1. The van der Waals surface area contributed by atoms with Crippen LogP contribution >= 0.6 is 0 Å². The van der Waals surface area contributed by atoms with Crippen molar-refractivity contribution in [2.75, 3.05) is 5.32 Å². The number of benzene rings is 3. The third-order valence-corrected chi connectivity index (χ3v) is 4.36. The Morgan fingerprint density at radius 3 is 2.29 bits per heavy atom. The molecular formula is C23H18N2O3. The van der Waals surface area contributed by atoms with Crippen molar-refractivity contribution in [3.63, 3.8) is 0 Å². The van der Waals surface area contributed by atoms with Gasteiger partial charge in [0.2, 0.25) is 6.23 Å². The highest BCUT2D eigenvalue weighted by Crippen LogP contribution is 2.26.